The molecule has 1 rings (SSSR count). The maximum atomic E-state index is 10.3. The second kappa shape index (κ2) is 8.81. The SMILES string of the molecule is C/C=C/C(=O)OCC.Nc1ccccc1. The molecule has 0 aromatic heterocycles. The van der Waals surface area contributed by atoms with Crippen molar-refractivity contribution in [2.45, 2.75) is 13.8 Å². The number of hydrogen-bond acceptors (Lipinski definition) is 3. The zero-order chi connectivity index (χ0) is 11.5. The van der Waals surface area contributed by atoms with Crippen molar-refractivity contribution >= 4 is 11.7 Å². The molecule has 0 radical (unpaired) electrons. The Morgan fingerprint density at radius 1 is 1.40 bits per heavy atom. The highest BCUT2D eigenvalue weighted by Crippen LogP contribution is 1.95. The van der Waals surface area contributed by atoms with E-state index in [9.17, 15) is 4.79 Å². The second-order valence-corrected chi connectivity index (χ2v) is 2.66. The van der Waals surface area contributed by atoms with Crippen LogP contribution in [0.3, 0.4) is 0 Å². The molecule has 0 saturated heterocycles. The number of para-hydroxylation sites is 1. The minimum absolute atomic E-state index is 0.269. The highest BCUT2D eigenvalue weighted by atomic mass is 16.5. The average Bonchev–Trinajstić information content (AvgIpc) is 2.20. The first kappa shape index (κ1) is 13.2. The molecule has 0 amide bonds. The van der Waals surface area contributed by atoms with E-state index in [2.05, 4.69) is 4.74 Å². The fourth-order valence-electron chi connectivity index (χ4n) is 0.779. The number of allylic oxidation sites excluding steroid dienone is 1. The molecular weight excluding hydrogens is 190 g/mol. The summed E-state index contributed by atoms with van der Waals surface area (Å²) in [5.41, 5.74) is 6.18. The smallest absolute Gasteiger partial charge is 0.330 e. The van der Waals surface area contributed by atoms with Crippen LogP contribution in [0.4, 0.5) is 5.69 Å². The second-order valence-electron chi connectivity index (χ2n) is 2.66. The van der Waals surface area contributed by atoms with Crippen molar-refractivity contribution in [3.8, 4) is 0 Å². The molecule has 15 heavy (non-hydrogen) atoms. The van der Waals surface area contributed by atoms with Gasteiger partial charge in [-0.15, -0.1) is 0 Å². The van der Waals surface area contributed by atoms with Crippen molar-refractivity contribution in [2.24, 2.45) is 0 Å². The largest absolute Gasteiger partial charge is 0.463 e. The molecule has 0 bridgehead atoms. The van der Waals surface area contributed by atoms with Gasteiger partial charge in [-0.1, -0.05) is 24.3 Å². The lowest BCUT2D eigenvalue weighted by Crippen LogP contribution is -1.98. The third kappa shape index (κ3) is 8.56. The highest BCUT2D eigenvalue weighted by Gasteiger charge is 1.88. The van der Waals surface area contributed by atoms with E-state index in [0.717, 1.165) is 5.69 Å². The van der Waals surface area contributed by atoms with E-state index < -0.39 is 0 Å². The Morgan fingerprint density at radius 3 is 2.33 bits per heavy atom. The topological polar surface area (TPSA) is 52.3 Å². The number of ether oxygens (including phenoxy) is 1. The zero-order valence-corrected chi connectivity index (χ0v) is 9.14. The van der Waals surface area contributed by atoms with Crippen molar-refractivity contribution < 1.29 is 9.53 Å². The Balaban J connectivity index is 0.000000262. The fourth-order valence-corrected chi connectivity index (χ4v) is 0.779. The summed E-state index contributed by atoms with van der Waals surface area (Å²) in [6.45, 7) is 4.00. The summed E-state index contributed by atoms with van der Waals surface area (Å²) < 4.78 is 4.56. The van der Waals surface area contributed by atoms with Gasteiger partial charge in [-0.3, -0.25) is 0 Å². The van der Waals surface area contributed by atoms with Gasteiger partial charge in [0.2, 0.25) is 0 Å². The van der Waals surface area contributed by atoms with Crippen LogP contribution < -0.4 is 5.73 Å². The fraction of sp³-hybridized carbons (Fsp3) is 0.250. The van der Waals surface area contributed by atoms with Gasteiger partial charge in [-0.25, -0.2) is 4.79 Å². The minimum Gasteiger partial charge on any atom is -0.463 e. The van der Waals surface area contributed by atoms with Gasteiger partial charge in [0.25, 0.3) is 0 Å². The third-order valence-corrected chi connectivity index (χ3v) is 1.39. The number of anilines is 1. The maximum Gasteiger partial charge on any atom is 0.330 e. The Labute approximate surface area is 90.6 Å². The van der Waals surface area contributed by atoms with E-state index >= 15 is 0 Å². The first-order valence-electron chi connectivity index (χ1n) is 4.80. The van der Waals surface area contributed by atoms with Crippen molar-refractivity contribution in [1.29, 1.82) is 0 Å². The zero-order valence-electron chi connectivity index (χ0n) is 9.14. The molecule has 82 valence electrons. The Morgan fingerprint density at radius 2 is 2.00 bits per heavy atom. The Kier molecular flexibility index (Phi) is 7.77. The molecule has 0 aliphatic heterocycles. The van der Waals surface area contributed by atoms with E-state index in [4.69, 9.17) is 5.73 Å². The molecule has 0 atom stereocenters. The summed E-state index contributed by atoms with van der Waals surface area (Å²) >= 11 is 0. The van der Waals surface area contributed by atoms with Crippen molar-refractivity contribution in [3.05, 3.63) is 42.5 Å². The molecule has 3 nitrogen and oxygen atoms in total. The summed E-state index contributed by atoms with van der Waals surface area (Å²) in [5, 5.41) is 0. The first-order chi connectivity index (χ1) is 7.20. The van der Waals surface area contributed by atoms with Crippen LogP contribution in [-0.2, 0) is 9.53 Å². The van der Waals surface area contributed by atoms with Gasteiger partial charge in [-0.05, 0) is 26.0 Å². The summed E-state index contributed by atoms with van der Waals surface area (Å²) in [4.78, 5) is 10.3. The van der Waals surface area contributed by atoms with E-state index in [0.29, 0.717) is 6.61 Å². The number of hydrogen-bond donors (Lipinski definition) is 1. The highest BCUT2D eigenvalue weighted by molar-refractivity contribution is 5.81. The van der Waals surface area contributed by atoms with Gasteiger partial charge in [0.15, 0.2) is 0 Å². The lowest BCUT2D eigenvalue weighted by Gasteiger charge is -1.91. The number of nitrogens with two attached hydrogens (primary N) is 1. The van der Waals surface area contributed by atoms with Crippen LogP contribution in [0.15, 0.2) is 42.5 Å². The normalized spacial score (nSPS) is 9.20. The number of benzene rings is 1. The molecule has 0 aliphatic carbocycles. The lowest BCUT2D eigenvalue weighted by molar-refractivity contribution is -0.137. The monoisotopic (exact) mass is 207 g/mol. The molecule has 0 heterocycles. The van der Waals surface area contributed by atoms with Crippen LogP contribution in [-0.4, -0.2) is 12.6 Å². The molecular formula is C12H17NO2. The number of nitrogen functional groups attached to an aromatic ring is 1. The van der Waals surface area contributed by atoms with Gasteiger partial charge in [-0.2, -0.15) is 0 Å². The summed E-state index contributed by atoms with van der Waals surface area (Å²) in [6, 6.07) is 9.49. The van der Waals surface area contributed by atoms with Gasteiger partial charge < -0.3 is 10.5 Å². The summed E-state index contributed by atoms with van der Waals surface area (Å²) in [6.07, 6.45) is 3.04. The number of rotatable bonds is 2. The van der Waals surface area contributed by atoms with Crippen LogP contribution in [0.2, 0.25) is 0 Å². The van der Waals surface area contributed by atoms with Crippen LogP contribution in [0.1, 0.15) is 13.8 Å². The number of carbonyl (C=O) groups is 1. The molecule has 0 fully saturated rings. The van der Waals surface area contributed by atoms with E-state index in [1.54, 1.807) is 19.9 Å². The molecule has 1 aromatic rings. The minimum atomic E-state index is -0.269. The predicted octanol–water partition coefficient (Wildman–Crippen LogP) is 2.39. The standard InChI is InChI=1S/C6H7N.C6H10O2/c7-6-4-2-1-3-5-6;1-3-5-6(7)8-4-2/h1-5H,7H2;3,5H,4H2,1-2H3/b;5-3+. The molecule has 0 spiro atoms. The van der Waals surface area contributed by atoms with Crippen molar-refractivity contribution in [2.75, 3.05) is 12.3 Å². The molecule has 0 aliphatic rings. The van der Waals surface area contributed by atoms with Crippen LogP contribution in [0.25, 0.3) is 0 Å². The predicted molar refractivity (Wildman–Crippen MR) is 62.3 cm³/mol. The number of esters is 1. The van der Waals surface area contributed by atoms with Gasteiger partial charge >= 0.3 is 5.97 Å². The lowest BCUT2D eigenvalue weighted by atomic mass is 10.3. The van der Waals surface area contributed by atoms with Crippen molar-refractivity contribution in [3.63, 3.8) is 0 Å². The van der Waals surface area contributed by atoms with E-state index in [1.807, 2.05) is 30.3 Å². The van der Waals surface area contributed by atoms with E-state index in [1.165, 1.54) is 6.08 Å². The molecule has 1 aromatic carbocycles. The van der Waals surface area contributed by atoms with Crippen molar-refractivity contribution in [1.82, 2.24) is 0 Å². The van der Waals surface area contributed by atoms with Gasteiger partial charge in [0, 0.05) is 11.8 Å². The van der Waals surface area contributed by atoms with Gasteiger partial charge in [0.1, 0.15) is 0 Å². The Bertz CT molecular complexity index is 294. The maximum absolute atomic E-state index is 10.3. The van der Waals surface area contributed by atoms with Crippen LogP contribution >= 0.6 is 0 Å². The van der Waals surface area contributed by atoms with E-state index in [-0.39, 0.29) is 5.97 Å². The Hall–Kier alpha value is -1.77. The quantitative estimate of drug-likeness (QED) is 0.460. The van der Waals surface area contributed by atoms with Gasteiger partial charge in [0.05, 0.1) is 6.61 Å². The molecule has 2 N–H and O–H groups in total. The van der Waals surface area contributed by atoms with Crippen LogP contribution in [0.5, 0.6) is 0 Å². The first-order valence-corrected chi connectivity index (χ1v) is 4.80. The molecule has 0 saturated carbocycles. The number of carbonyl (C=O) groups excluding carboxylic acids is 1. The average molecular weight is 207 g/mol. The molecule has 0 unspecified atom stereocenters. The third-order valence-electron chi connectivity index (χ3n) is 1.39. The molecule has 3 heteroatoms. The summed E-state index contributed by atoms with van der Waals surface area (Å²) in [5.74, 6) is -0.269. The summed E-state index contributed by atoms with van der Waals surface area (Å²) in [7, 11) is 0. The van der Waals surface area contributed by atoms with Crippen LogP contribution in [0, 0.1) is 0 Å².